The fraction of sp³-hybridized carbons (Fsp3) is 0.619. The predicted octanol–water partition coefficient (Wildman–Crippen LogP) is -0.709. The third-order valence-corrected chi connectivity index (χ3v) is 7.75. The summed E-state index contributed by atoms with van der Waals surface area (Å²) >= 11 is 0. The molecule has 0 saturated carbocycles. The minimum atomic E-state index is -3.73. The molecule has 196 valence electrons. The van der Waals surface area contributed by atoms with Crippen molar-refractivity contribution >= 4 is 44.8 Å². The average molecular weight is 522 g/mol. The zero-order valence-corrected chi connectivity index (χ0v) is 20.9. The van der Waals surface area contributed by atoms with Gasteiger partial charge in [-0.2, -0.15) is 4.72 Å². The van der Waals surface area contributed by atoms with Crippen LogP contribution in [0.4, 0.5) is 5.82 Å². The van der Waals surface area contributed by atoms with Crippen molar-refractivity contribution in [2.45, 2.75) is 45.2 Å². The molecule has 1 saturated heterocycles. The summed E-state index contributed by atoms with van der Waals surface area (Å²) in [5, 5.41) is 15.5. The van der Waals surface area contributed by atoms with E-state index in [1.807, 2.05) is 4.90 Å². The number of anilines is 1. The lowest BCUT2D eigenvalue weighted by atomic mass is 9.96. The summed E-state index contributed by atoms with van der Waals surface area (Å²) in [6.45, 7) is 4.21. The average Bonchev–Trinajstić information content (AvgIpc) is 3.27. The molecule has 36 heavy (non-hydrogen) atoms. The van der Waals surface area contributed by atoms with Gasteiger partial charge in [0.05, 0.1) is 18.6 Å². The Morgan fingerprint density at radius 1 is 1.25 bits per heavy atom. The van der Waals surface area contributed by atoms with E-state index < -0.39 is 22.0 Å². The van der Waals surface area contributed by atoms with Gasteiger partial charge in [-0.15, -0.1) is 0 Å². The van der Waals surface area contributed by atoms with Crippen molar-refractivity contribution in [3.05, 3.63) is 12.7 Å². The molecule has 0 aliphatic carbocycles. The number of carbonyl (C=O) groups is 2. The number of hydrogen-bond donors (Lipinski definition) is 4. The zero-order valence-electron chi connectivity index (χ0n) is 20.1. The van der Waals surface area contributed by atoms with E-state index in [0.717, 1.165) is 13.0 Å². The molecule has 2 aliphatic rings. The summed E-state index contributed by atoms with van der Waals surface area (Å²) in [5.41, 5.74) is 0.893. The number of nitrogens with zero attached hydrogens (tertiary/aromatic N) is 6. The van der Waals surface area contributed by atoms with Crippen LogP contribution < -0.4 is 20.3 Å². The maximum Gasteiger partial charge on any atom is 0.323 e. The molecule has 1 atom stereocenters. The van der Waals surface area contributed by atoms with Crippen molar-refractivity contribution in [3.63, 3.8) is 0 Å². The summed E-state index contributed by atoms with van der Waals surface area (Å²) in [6, 6.07) is -1.37. The van der Waals surface area contributed by atoms with Gasteiger partial charge in [-0.1, -0.05) is 6.92 Å². The number of fused-ring (bicyclic) bond motifs is 1. The van der Waals surface area contributed by atoms with Gasteiger partial charge < -0.3 is 19.9 Å². The Bertz CT molecular complexity index is 1240. The lowest BCUT2D eigenvalue weighted by molar-refractivity contribution is -0.139. The summed E-state index contributed by atoms with van der Waals surface area (Å²) in [4.78, 5) is 43.7. The molecule has 4 rings (SSSR count). The number of aliphatic imine (C=N–C) groups is 1. The number of guanidine groups is 1. The first-order chi connectivity index (χ1) is 17.3. The highest BCUT2D eigenvalue weighted by atomic mass is 32.2. The van der Waals surface area contributed by atoms with Crippen LogP contribution >= 0.6 is 0 Å². The standard InChI is InChI=1S/C21H31N9O5S/c1-2-10-36(34,35)28-15(20(32)33)11-30-13-26-16-17(24-12-25-18(16)30)29-8-4-14(5-9-29)19(31)27-21-22-6-3-7-23-21/h12-15,28H,2-11H2,1H3,(H,32,33)(H2,22,23,27,31)/t15-/m0/s1. The second-order valence-corrected chi connectivity index (χ2v) is 10.7. The third-order valence-electron chi connectivity index (χ3n) is 6.16. The molecule has 4 N–H and O–H groups in total. The number of nitrogens with one attached hydrogen (secondary N) is 3. The quantitative estimate of drug-likeness (QED) is 0.329. The Morgan fingerprint density at radius 3 is 2.69 bits per heavy atom. The van der Waals surface area contributed by atoms with Crippen molar-refractivity contribution < 1.29 is 23.1 Å². The molecular weight excluding hydrogens is 490 g/mol. The Morgan fingerprint density at radius 2 is 2.03 bits per heavy atom. The highest BCUT2D eigenvalue weighted by Gasteiger charge is 2.29. The smallest absolute Gasteiger partial charge is 0.323 e. The minimum Gasteiger partial charge on any atom is -0.480 e. The maximum atomic E-state index is 12.6. The molecule has 4 heterocycles. The third kappa shape index (κ3) is 6.07. The first kappa shape index (κ1) is 25.8. The van der Waals surface area contributed by atoms with E-state index in [4.69, 9.17) is 0 Å². The van der Waals surface area contributed by atoms with E-state index in [2.05, 4.69) is 35.3 Å². The minimum absolute atomic E-state index is 0.0508. The van der Waals surface area contributed by atoms with Gasteiger partial charge in [0.25, 0.3) is 0 Å². The van der Waals surface area contributed by atoms with Gasteiger partial charge in [-0.05, 0) is 25.7 Å². The molecule has 14 nitrogen and oxygen atoms in total. The number of aromatic nitrogens is 4. The van der Waals surface area contributed by atoms with Crippen LogP contribution in [0.5, 0.6) is 0 Å². The van der Waals surface area contributed by atoms with Crippen LogP contribution in [-0.2, 0) is 26.2 Å². The molecule has 1 amide bonds. The first-order valence-corrected chi connectivity index (χ1v) is 13.7. The zero-order chi connectivity index (χ0) is 25.7. The summed E-state index contributed by atoms with van der Waals surface area (Å²) in [7, 11) is -3.73. The number of carboxylic acids is 1. The number of carboxylic acid groups (broad SMARTS) is 1. The van der Waals surface area contributed by atoms with Gasteiger partial charge in [0, 0.05) is 32.1 Å². The number of sulfonamides is 1. The Balaban J connectivity index is 1.44. The van der Waals surface area contributed by atoms with E-state index in [-0.39, 0.29) is 24.1 Å². The molecule has 1 fully saturated rings. The van der Waals surface area contributed by atoms with Crippen molar-refractivity contribution in [1.29, 1.82) is 0 Å². The van der Waals surface area contributed by atoms with Gasteiger partial charge >= 0.3 is 5.97 Å². The van der Waals surface area contributed by atoms with Crippen molar-refractivity contribution in [3.8, 4) is 0 Å². The van der Waals surface area contributed by atoms with Crippen LogP contribution in [0, 0.1) is 5.92 Å². The largest absolute Gasteiger partial charge is 0.480 e. The molecule has 2 aromatic heterocycles. The number of hydrogen-bond acceptors (Lipinski definition) is 10. The number of imidazole rings is 1. The van der Waals surface area contributed by atoms with E-state index in [1.54, 1.807) is 6.92 Å². The Kier molecular flexibility index (Phi) is 7.98. The maximum absolute atomic E-state index is 12.6. The number of amides is 1. The van der Waals surface area contributed by atoms with Crippen LogP contribution in [0.25, 0.3) is 11.2 Å². The number of carbonyl (C=O) groups excluding carboxylic acids is 1. The monoisotopic (exact) mass is 521 g/mol. The Hall–Kier alpha value is -3.33. The molecule has 0 radical (unpaired) electrons. The van der Waals surface area contributed by atoms with Crippen LogP contribution in [0.15, 0.2) is 17.6 Å². The number of aliphatic carboxylic acids is 1. The molecule has 0 unspecified atom stereocenters. The van der Waals surface area contributed by atoms with Gasteiger partial charge in [0.1, 0.15) is 12.4 Å². The van der Waals surface area contributed by atoms with Crippen LogP contribution in [-0.4, -0.2) is 88.9 Å². The van der Waals surface area contributed by atoms with Gasteiger partial charge in [-0.25, -0.2) is 23.4 Å². The van der Waals surface area contributed by atoms with Crippen LogP contribution in [0.1, 0.15) is 32.6 Å². The summed E-state index contributed by atoms with van der Waals surface area (Å²) < 4.78 is 28.0. The molecule has 2 aromatic rings. The topological polar surface area (TPSA) is 184 Å². The first-order valence-electron chi connectivity index (χ1n) is 12.0. The van der Waals surface area contributed by atoms with E-state index >= 15 is 0 Å². The number of rotatable bonds is 9. The second kappa shape index (κ2) is 11.2. The van der Waals surface area contributed by atoms with E-state index in [1.165, 1.54) is 17.2 Å². The highest BCUT2D eigenvalue weighted by Crippen LogP contribution is 2.27. The van der Waals surface area contributed by atoms with Crippen LogP contribution in [0.3, 0.4) is 0 Å². The summed E-state index contributed by atoms with van der Waals surface area (Å²) in [6.07, 6.45) is 5.39. The molecule has 2 aliphatic heterocycles. The van der Waals surface area contributed by atoms with E-state index in [0.29, 0.717) is 61.8 Å². The molecule has 0 bridgehead atoms. The van der Waals surface area contributed by atoms with E-state index in [9.17, 15) is 23.1 Å². The molecule has 0 aromatic carbocycles. The Labute approximate surface area is 208 Å². The molecule has 0 spiro atoms. The fourth-order valence-electron chi connectivity index (χ4n) is 4.33. The van der Waals surface area contributed by atoms with Crippen molar-refractivity contribution in [2.24, 2.45) is 10.9 Å². The number of piperidine rings is 1. The SMILES string of the molecule is CCCS(=O)(=O)N[C@@H](Cn1cnc2c(N3CCC(C(=O)NC4=NCCCN4)CC3)ncnc21)C(=O)O. The predicted molar refractivity (Wildman–Crippen MR) is 132 cm³/mol. The van der Waals surface area contributed by atoms with Crippen molar-refractivity contribution in [1.82, 2.24) is 34.9 Å². The fourth-order valence-corrected chi connectivity index (χ4v) is 5.59. The van der Waals surface area contributed by atoms with Gasteiger partial charge in [0.15, 0.2) is 22.9 Å². The van der Waals surface area contributed by atoms with Crippen molar-refractivity contribution in [2.75, 3.05) is 36.8 Å². The second-order valence-electron chi connectivity index (χ2n) is 8.86. The summed E-state index contributed by atoms with van der Waals surface area (Å²) in [5.74, 6) is -0.518. The van der Waals surface area contributed by atoms with Gasteiger partial charge in [0.2, 0.25) is 15.9 Å². The normalized spacial score (nSPS) is 17.9. The lowest BCUT2D eigenvalue weighted by Crippen LogP contribution is -2.48. The van der Waals surface area contributed by atoms with Gasteiger partial charge in [-0.3, -0.25) is 19.9 Å². The molecular formula is C21H31N9O5S. The lowest BCUT2D eigenvalue weighted by Gasteiger charge is -2.32. The van der Waals surface area contributed by atoms with Crippen LogP contribution in [0.2, 0.25) is 0 Å². The molecule has 15 heteroatoms. The highest BCUT2D eigenvalue weighted by molar-refractivity contribution is 7.89.